The summed E-state index contributed by atoms with van der Waals surface area (Å²) in [6, 6.07) is 11.4. The number of para-hydroxylation sites is 1. The van der Waals surface area contributed by atoms with Crippen molar-refractivity contribution in [3.63, 3.8) is 0 Å². The number of hydrogen-bond acceptors (Lipinski definition) is 5. The van der Waals surface area contributed by atoms with Crippen LogP contribution in [0.2, 0.25) is 0 Å². The van der Waals surface area contributed by atoms with Gasteiger partial charge in [0, 0.05) is 34.8 Å². The fourth-order valence-corrected chi connectivity index (χ4v) is 3.51. The van der Waals surface area contributed by atoms with E-state index in [1.807, 2.05) is 24.4 Å². The number of Topliss-reactive ketones (excluding diaryl/α,β-unsaturated/α-hetero) is 1. The van der Waals surface area contributed by atoms with Gasteiger partial charge in [0.05, 0.1) is 12.7 Å². The molecule has 148 valence electrons. The molecule has 0 unspecified atom stereocenters. The molecule has 1 aliphatic heterocycles. The van der Waals surface area contributed by atoms with Crippen LogP contribution in [-0.4, -0.2) is 30.0 Å². The lowest BCUT2D eigenvalue weighted by molar-refractivity contribution is -0.142. The van der Waals surface area contributed by atoms with E-state index in [9.17, 15) is 9.59 Å². The summed E-state index contributed by atoms with van der Waals surface area (Å²) in [7, 11) is 1.30. The van der Waals surface area contributed by atoms with Gasteiger partial charge in [-0.2, -0.15) is 0 Å². The number of methoxy groups -OCH3 is 1. The van der Waals surface area contributed by atoms with Crippen molar-refractivity contribution >= 4 is 28.7 Å². The largest absolute Gasteiger partial charge is 0.481 e. The number of aromatic nitrogens is 1. The van der Waals surface area contributed by atoms with Gasteiger partial charge in [-0.15, -0.1) is 0 Å². The molecule has 0 aliphatic carbocycles. The van der Waals surface area contributed by atoms with E-state index in [4.69, 9.17) is 9.47 Å². The van der Waals surface area contributed by atoms with Gasteiger partial charge in [-0.25, -0.2) is 4.79 Å². The number of allylic oxidation sites excluding steroid dienone is 1. The van der Waals surface area contributed by atoms with Crippen LogP contribution in [0.5, 0.6) is 11.5 Å². The van der Waals surface area contributed by atoms with Crippen molar-refractivity contribution in [2.75, 3.05) is 13.7 Å². The summed E-state index contributed by atoms with van der Waals surface area (Å²) in [6.45, 7) is 4.50. The number of carbonyl (C=O) groups excluding carboxylic acids is 2. The van der Waals surface area contributed by atoms with Crippen molar-refractivity contribution in [3.8, 4) is 11.5 Å². The number of fused-ring (bicyclic) bond motifs is 2. The summed E-state index contributed by atoms with van der Waals surface area (Å²) in [5.41, 5.74) is 3.19. The van der Waals surface area contributed by atoms with Crippen LogP contribution in [0.25, 0.3) is 17.0 Å². The van der Waals surface area contributed by atoms with Gasteiger partial charge in [-0.1, -0.05) is 18.2 Å². The molecule has 0 radical (unpaired) electrons. The number of rotatable bonds is 5. The first-order valence-corrected chi connectivity index (χ1v) is 9.38. The topological polar surface area (TPSA) is 66.8 Å². The highest BCUT2D eigenvalue weighted by atomic mass is 16.6. The van der Waals surface area contributed by atoms with Crippen molar-refractivity contribution in [1.82, 2.24) is 4.57 Å². The molecule has 3 aromatic rings. The zero-order chi connectivity index (χ0) is 20.5. The highest BCUT2D eigenvalue weighted by molar-refractivity contribution is 6.15. The van der Waals surface area contributed by atoms with Crippen LogP contribution in [0.3, 0.4) is 0 Å². The first-order valence-electron chi connectivity index (χ1n) is 9.38. The first-order chi connectivity index (χ1) is 14.0. The Morgan fingerprint density at radius 3 is 2.76 bits per heavy atom. The van der Waals surface area contributed by atoms with E-state index in [1.54, 1.807) is 25.1 Å². The van der Waals surface area contributed by atoms with E-state index in [0.29, 0.717) is 22.6 Å². The van der Waals surface area contributed by atoms with Crippen LogP contribution in [0, 0.1) is 6.92 Å². The Labute approximate surface area is 168 Å². The maximum Gasteiger partial charge on any atom is 0.343 e. The van der Waals surface area contributed by atoms with E-state index >= 15 is 0 Å². The SMILES string of the molecule is CCn1cc(/C=C2/Oc3c(ccc(OCC(=O)OC)c3C)C2=O)c2ccccc21. The van der Waals surface area contributed by atoms with Crippen molar-refractivity contribution in [2.24, 2.45) is 0 Å². The predicted octanol–water partition coefficient (Wildman–Crippen LogP) is 4.14. The molecule has 1 aromatic heterocycles. The van der Waals surface area contributed by atoms with Crippen molar-refractivity contribution < 1.29 is 23.8 Å². The summed E-state index contributed by atoms with van der Waals surface area (Å²) in [5, 5.41) is 1.06. The number of benzene rings is 2. The van der Waals surface area contributed by atoms with Gasteiger partial charge < -0.3 is 18.8 Å². The normalized spacial score (nSPS) is 14.2. The third-order valence-corrected chi connectivity index (χ3v) is 5.06. The fourth-order valence-electron chi connectivity index (χ4n) is 3.51. The highest BCUT2D eigenvalue weighted by Gasteiger charge is 2.30. The predicted molar refractivity (Wildman–Crippen MR) is 109 cm³/mol. The molecule has 6 heteroatoms. The van der Waals surface area contributed by atoms with Crippen molar-refractivity contribution in [3.05, 3.63) is 65.0 Å². The lowest BCUT2D eigenvalue weighted by Gasteiger charge is -2.10. The molecule has 0 saturated carbocycles. The third-order valence-electron chi connectivity index (χ3n) is 5.06. The number of aryl methyl sites for hydroxylation is 1. The maximum absolute atomic E-state index is 12.9. The minimum atomic E-state index is -0.477. The van der Waals surface area contributed by atoms with Gasteiger partial charge in [0.25, 0.3) is 0 Å². The first kappa shape index (κ1) is 18.8. The van der Waals surface area contributed by atoms with E-state index < -0.39 is 5.97 Å². The second-order valence-corrected chi connectivity index (χ2v) is 6.76. The Balaban J connectivity index is 1.68. The molecular formula is C23H21NO5. The molecule has 1 aliphatic rings. The molecular weight excluding hydrogens is 370 g/mol. The van der Waals surface area contributed by atoms with E-state index in [-0.39, 0.29) is 18.1 Å². The number of ketones is 1. The lowest BCUT2D eigenvalue weighted by atomic mass is 10.1. The second-order valence-electron chi connectivity index (χ2n) is 6.76. The summed E-state index contributed by atoms with van der Waals surface area (Å²) in [5.74, 6) is 0.562. The Morgan fingerprint density at radius 1 is 1.21 bits per heavy atom. The molecule has 0 N–H and O–H groups in total. The third kappa shape index (κ3) is 3.27. The van der Waals surface area contributed by atoms with Crippen LogP contribution in [0.15, 0.2) is 48.4 Å². The highest BCUT2D eigenvalue weighted by Crippen LogP contribution is 2.39. The van der Waals surface area contributed by atoms with Crippen molar-refractivity contribution in [1.29, 1.82) is 0 Å². The Hall–Kier alpha value is -3.54. The number of ether oxygens (including phenoxy) is 3. The molecule has 0 bridgehead atoms. The molecule has 0 spiro atoms. The monoisotopic (exact) mass is 391 g/mol. The van der Waals surface area contributed by atoms with Gasteiger partial charge in [-0.05, 0) is 38.1 Å². The molecule has 6 nitrogen and oxygen atoms in total. The molecule has 0 atom stereocenters. The lowest BCUT2D eigenvalue weighted by Crippen LogP contribution is -2.13. The molecule has 0 amide bonds. The maximum atomic E-state index is 12.9. The van der Waals surface area contributed by atoms with Gasteiger partial charge in [0.2, 0.25) is 5.78 Å². The molecule has 2 heterocycles. The fraction of sp³-hybridized carbons (Fsp3) is 0.217. The number of nitrogens with zero attached hydrogens (tertiary/aromatic N) is 1. The summed E-state index contributed by atoms with van der Waals surface area (Å²) in [4.78, 5) is 24.2. The zero-order valence-corrected chi connectivity index (χ0v) is 16.5. The number of hydrogen-bond donors (Lipinski definition) is 0. The second kappa shape index (κ2) is 7.47. The van der Waals surface area contributed by atoms with Crippen molar-refractivity contribution in [2.45, 2.75) is 20.4 Å². The summed E-state index contributed by atoms with van der Waals surface area (Å²) >= 11 is 0. The number of esters is 1. The average Bonchev–Trinajstić information content (AvgIpc) is 3.26. The Kier molecular flexibility index (Phi) is 4.84. The Bertz CT molecular complexity index is 1160. The molecule has 4 rings (SSSR count). The van der Waals surface area contributed by atoms with E-state index in [2.05, 4.69) is 22.3 Å². The Morgan fingerprint density at radius 2 is 2.00 bits per heavy atom. The molecule has 2 aromatic carbocycles. The standard InChI is InChI=1S/C23H21NO5/c1-4-24-12-15(16-7-5-6-8-18(16)24)11-20-22(26)17-9-10-19(14(2)23(17)29-20)28-13-21(25)27-3/h5-12H,4,13H2,1-3H3/b20-11+. The quantitative estimate of drug-likeness (QED) is 0.483. The van der Waals surface area contributed by atoms with Gasteiger partial charge >= 0.3 is 5.97 Å². The van der Waals surface area contributed by atoms with Crippen LogP contribution in [-0.2, 0) is 16.1 Å². The van der Waals surface area contributed by atoms with Crippen LogP contribution >= 0.6 is 0 Å². The summed E-state index contributed by atoms with van der Waals surface area (Å²) in [6.07, 6.45) is 3.81. The van der Waals surface area contributed by atoms with Gasteiger partial charge in [-0.3, -0.25) is 4.79 Å². The van der Waals surface area contributed by atoms with E-state index in [0.717, 1.165) is 23.0 Å². The van der Waals surface area contributed by atoms with Gasteiger partial charge in [0.1, 0.15) is 11.5 Å². The van der Waals surface area contributed by atoms with Crippen LogP contribution in [0.4, 0.5) is 0 Å². The molecule has 29 heavy (non-hydrogen) atoms. The minimum Gasteiger partial charge on any atom is -0.481 e. The summed E-state index contributed by atoms with van der Waals surface area (Å²) < 4.78 is 18.1. The minimum absolute atomic E-state index is 0.170. The smallest absolute Gasteiger partial charge is 0.343 e. The van der Waals surface area contributed by atoms with Gasteiger partial charge in [0.15, 0.2) is 12.4 Å². The van der Waals surface area contributed by atoms with Crippen LogP contribution in [0.1, 0.15) is 28.4 Å². The van der Waals surface area contributed by atoms with E-state index in [1.165, 1.54) is 7.11 Å². The number of carbonyl (C=O) groups is 2. The zero-order valence-electron chi connectivity index (χ0n) is 16.5. The molecule has 0 fully saturated rings. The molecule has 0 saturated heterocycles. The van der Waals surface area contributed by atoms with Crippen LogP contribution < -0.4 is 9.47 Å². The average molecular weight is 391 g/mol.